The number of carbonyl (C=O) groups excluding carboxylic acids is 8. The minimum atomic E-state index is -1.26. The molecule has 0 unspecified atom stereocenters. The number of carbonyl (C=O) groups is 9. The van der Waals surface area contributed by atoms with Crippen molar-refractivity contribution in [3.8, 4) is 0 Å². The summed E-state index contributed by atoms with van der Waals surface area (Å²) in [5.41, 5.74) is 6.82. The van der Waals surface area contributed by atoms with E-state index in [0.29, 0.717) is 11.1 Å². The van der Waals surface area contributed by atoms with Crippen molar-refractivity contribution in [1.82, 2.24) is 37.2 Å². The molecule has 0 radical (unpaired) electrons. The zero-order valence-electron chi connectivity index (χ0n) is 32.5. The molecular weight excluding hydrogens is 740 g/mol. The summed E-state index contributed by atoms with van der Waals surface area (Å²) < 4.78 is 0. The number of carboxylic acid groups (broad SMARTS) is 1. The molecule has 18 nitrogen and oxygen atoms in total. The third-order valence-electron chi connectivity index (χ3n) is 8.36. The average Bonchev–Trinajstić information content (AvgIpc) is 3.16. The molecule has 0 saturated carbocycles. The molecule has 57 heavy (non-hydrogen) atoms. The molecule has 0 aliphatic heterocycles. The van der Waals surface area contributed by atoms with Crippen LogP contribution in [0.2, 0.25) is 0 Å². The smallest absolute Gasteiger partial charge is 0.326 e. The number of nitrogens with two attached hydrogens (primary N) is 1. The molecule has 2 rings (SSSR count). The summed E-state index contributed by atoms with van der Waals surface area (Å²) in [5, 5.41) is 26.5. The van der Waals surface area contributed by atoms with Crippen LogP contribution in [0.4, 0.5) is 0 Å². The quantitative estimate of drug-likeness (QED) is 0.0628. The van der Waals surface area contributed by atoms with E-state index in [1.165, 1.54) is 6.92 Å². The maximum Gasteiger partial charge on any atom is 0.326 e. The summed E-state index contributed by atoms with van der Waals surface area (Å²) >= 11 is 0. The molecular formula is C39H52N8O10. The van der Waals surface area contributed by atoms with Crippen molar-refractivity contribution in [1.29, 1.82) is 0 Å². The maximum atomic E-state index is 13.6. The molecule has 308 valence electrons. The highest BCUT2D eigenvalue weighted by Gasteiger charge is 2.32. The standard InChI is InChI=1S/C39H52N8O10/c1-22(2)33(35(40)52)46-38(55)34(23(3)4)47-37(54)27(18-25-12-8-6-9-13-25)45-36(53)24(5)43-30(49)17-16-29(48)41-20-31(50)42-21-32(51)44-28(39(56)57)19-26-14-10-7-11-15-26/h6-17,22-24,27-28,33-34H,18-21H2,1-5H3,(H2,40,52)(H,41,48)(H,42,50)(H,43,49)(H,44,51)(H,45,53)(H,46,55)(H,47,54)(H,56,57)/b17-16+/t24-,27-,28-,33-,34-/m0/s1. The molecule has 2 aromatic rings. The minimum absolute atomic E-state index is 0.0247. The fourth-order valence-electron chi connectivity index (χ4n) is 5.20. The summed E-state index contributed by atoms with van der Waals surface area (Å²) in [6, 6.07) is 11.7. The maximum absolute atomic E-state index is 13.6. The summed E-state index contributed by atoms with van der Waals surface area (Å²) in [5.74, 6) is -8.05. The van der Waals surface area contributed by atoms with Gasteiger partial charge in [0.05, 0.1) is 13.1 Å². The first-order valence-corrected chi connectivity index (χ1v) is 18.2. The second-order valence-electron chi connectivity index (χ2n) is 13.8. The van der Waals surface area contributed by atoms with Crippen LogP contribution in [0.5, 0.6) is 0 Å². The lowest BCUT2D eigenvalue weighted by Crippen LogP contribution is -2.60. The van der Waals surface area contributed by atoms with E-state index in [4.69, 9.17) is 5.73 Å². The second-order valence-corrected chi connectivity index (χ2v) is 13.8. The van der Waals surface area contributed by atoms with Gasteiger partial charge < -0.3 is 48.1 Å². The van der Waals surface area contributed by atoms with Gasteiger partial charge in [0.2, 0.25) is 47.3 Å². The Labute approximate surface area is 330 Å². The predicted octanol–water partition coefficient (Wildman–Crippen LogP) is -1.41. The number of aliphatic carboxylic acids is 1. The normalized spacial score (nSPS) is 13.6. The van der Waals surface area contributed by atoms with Crippen LogP contribution in [0.1, 0.15) is 45.7 Å². The molecule has 0 spiro atoms. The zero-order valence-corrected chi connectivity index (χ0v) is 32.5. The van der Waals surface area contributed by atoms with Crippen LogP contribution in [0, 0.1) is 11.8 Å². The van der Waals surface area contributed by atoms with E-state index in [9.17, 15) is 48.3 Å². The Morgan fingerprint density at radius 1 is 0.561 bits per heavy atom. The number of nitrogens with one attached hydrogen (secondary N) is 7. The number of primary amides is 1. The van der Waals surface area contributed by atoms with E-state index in [0.717, 1.165) is 12.2 Å². The highest BCUT2D eigenvalue weighted by Crippen LogP contribution is 2.09. The van der Waals surface area contributed by atoms with Gasteiger partial charge in [-0.1, -0.05) is 88.4 Å². The van der Waals surface area contributed by atoms with Gasteiger partial charge in [-0.2, -0.15) is 0 Å². The highest BCUT2D eigenvalue weighted by atomic mass is 16.4. The topological polar surface area (TPSA) is 284 Å². The van der Waals surface area contributed by atoms with E-state index in [1.807, 2.05) is 0 Å². The molecule has 0 heterocycles. The fourth-order valence-corrected chi connectivity index (χ4v) is 5.20. The van der Waals surface area contributed by atoms with Crippen LogP contribution in [0.25, 0.3) is 0 Å². The molecule has 0 aliphatic rings. The lowest BCUT2D eigenvalue weighted by molar-refractivity contribution is -0.141. The minimum Gasteiger partial charge on any atom is -0.480 e. The van der Waals surface area contributed by atoms with Crippen molar-refractivity contribution in [2.75, 3.05) is 13.1 Å². The molecule has 0 bridgehead atoms. The molecule has 18 heteroatoms. The van der Waals surface area contributed by atoms with Crippen molar-refractivity contribution < 1.29 is 48.3 Å². The Balaban J connectivity index is 1.93. The van der Waals surface area contributed by atoms with Crippen LogP contribution in [-0.4, -0.2) is 102 Å². The molecule has 0 saturated heterocycles. The molecule has 5 atom stereocenters. The highest BCUT2D eigenvalue weighted by molar-refractivity contribution is 6.00. The molecule has 0 aliphatic carbocycles. The van der Waals surface area contributed by atoms with Gasteiger partial charge in [0.15, 0.2) is 0 Å². The van der Waals surface area contributed by atoms with Crippen molar-refractivity contribution in [3.05, 3.63) is 83.9 Å². The number of hydrogen-bond acceptors (Lipinski definition) is 9. The number of rotatable bonds is 22. The van der Waals surface area contributed by atoms with E-state index >= 15 is 0 Å². The summed E-state index contributed by atoms with van der Waals surface area (Å²) in [7, 11) is 0. The Kier molecular flexibility index (Phi) is 19.1. The fraction of sp³-hybridized carbons (Fsp3) is 0.410. The van der Waals surface area contributed by atoms with Crippen molar-refractivity contribution in [3.63, 3.8) is 0 Å². The molecule has 8 amide bonds. The van der Waals surface area contributed by atoms with Gasteiger partial charge in [0.1, 0.15) is 30.2 Å². The predicted molar refractivity (Wildman–Crippen MR) is 207 cm³/mol. The average molecular weight is 793 g/mol. The van der Waals surface area contributed by atoms with Crippen LogP contribution < -0.4 is 43.0 Å². The van der Waals surface area contributed by atoms with Gasteiger partial charge in [-0.15, -0.1) is 0 Å². The Morgan fingerprint density at radius 3 is 1.56 bits per heavy atom. The van der Waals surface area contributed by atoms with Gasteiger partial charge in [0, 0.05) is 25.0 Å². The van der Waals surface area contributed by atoms with Crippen molar-refractivity contribution >= 4 is 53.2 Å². The van der Waals surface area contributed by atoms with Crippen molar-refractivity contribution in [2.24, 2.45) is 17.6 Å². The first-order chi connectivity index (χ1) is 26.9. The lowest BCUT2D eigenvalue weighted by atomic mass is 9.98. The first kappa shape index (κ1) is 46.6. The monoisotopic (exact) mass is 792 g/mol. The zero-order chi connectivity index (χ0) is 42.7. The van der Waals surface area contributed by atoms with Gasteiger partial charge in [-0.3, -0.25) is 38.4 Å². The third-order valence-corrected chi connectivity index (χ3v) is 8.36. The van der Waals surface area contributed by atoms with Gasteiger partial charge in [0.25, 0.3) is 0 Å². The van der Waals surface area contributed by atoms with Crippen LogP contribution >= 0.6 is 0 Å². The van der Waals surface area contributed by atoms with Gasteiger partial charge in [-0.25, -0.2) is 4.79 Å². The largest absolute Gasteiger partial charge is 0.480 e. The van der Waals surface area contributed by atoms with Crippen LogP contribution in [0.15, 0.2) is 72.8 Å². The van der Waals surface area contributed by atoms with E-state index in [-0.39, 0.29) is 18.8 Å². The first-order valence-electron chi connectivity index (χ1n) is 18.2. The Bertz CT molecular complexity index is 1770. The molecule has 0 fully saturated rings. The van der Waals surface area contributed by atoms with E-state index in [1.54, 1.807) is 88.4 Å². The number of benzene rings is 2. The summed E-state index contributed by atoms with van der Waals surface area (Å²) in [6.07, 6.45) is 1.69. The lowest BCUT2D eigenvalue weighted by Gasteiger charge is -2.28. The second kappa shape index (κ2) is 23.4. The SMILES string of the molecule is CC(C)[C@H](NC(=O)[C@@H](NC(=O)[C@H](Cc1ccccc1)NC(=O)[C@H](C)NC(=O)/C=C/C(=O)NCC(=O)NCC(=O)N[C@@H](Cc1ccccc1)C(=O)O)C(C)C)C(N)=O. The van der Waals surface area contributed by atoms with E-state index in [2.05, 4.69) is 37.2 Å². The number of amides is 8. The Hall–Kier alpha value is -6.59. The number of hydrogen-bond donors (Lipinski definition) is 9. The number of carboxylic acids is 1. The Morgan fingerprint density at radius 2 is 1.05 bits per heavy atom. The summed E-state index contributed by atoms with van der Waals surface area (Å²) in [4.78, 5) is 113. The van der Waals surface area contributed by atoms with E-state index < -0.39 is 102 Å². The van der Waals surface area contributed by atoms with Crippen LogP contribution in [-0.2, 0) is 56.0 Å². The van der Waals surface area contributed by atoms with Gasteiger partial charge in [-0.05, 0) is 29.9 Å². The van der Waals surface area contributed by atoms with Crippen LogP contribution in [0.3, 0.4) is 0 Å². The van der Waals surface area contributed by atoms with Crippen molar-refractivity contribution in [2.45, 2.75) is 77.7 Å². The third kappa shape index (κ3) is 17.2. The molecule has 0 aromatic heterocycles. The molecule has 2 aromatic carbocycles. The molecule has 10 N–H and O–H groups in total. The summed E-state index contributed by atoms with van der Waals surface area (Å²) in [6.45, 7) is 7.02. The van der Waals surface area contributed by atoms with Gasteiger partial charge >= 0.3 is 5.97 Å².